The summed E-state index contributed by atoms with van der Waals surface area (Å²) in [5, 5.41) is 0. The third-order valence-electron chi connectivity index (χ3n) is 2.14. The lowest BCUT2D eigenvalue weighted by molar-refractivity contribution is 0.0778. The van der Waals surface area contributed by atoms with Crippen LogP contribution in [0.3, 0.4) is 0 Å². The highest BCUT2D eigenvalue weighted by atomic mass is 16.2. The molecule has 82 valence electrons. The fourth-order valence-electron chi connectivity index (χ4n) is 1.45. The van der Waals surface area contributed by atoms with Crippen molar-refractivity contribution in [1.29, 1.82) is 0 Å². The Morgan fingerprint density at radius 3 is 2.60 bits per heavy atom. The molecule has 0 aliphatic rings. The summed E-state index contributed by atoms with van der Waals surface area (Å²) in [5.41, 5.74) is 1.59. The highest BCUT2D eigenvalue weighted by Gasteiger charge is 2.12. The minimum absolute atomic E-state index is 0.0381. The molecule has 1 rings (SSSR count). The van der Waals surface area contributed by atoms with Crippen LogP contribution in [-0.4, -0.2) is 29.4 Å². The number of aromatic nitrogens is 1. The second-order valence-electron chi connectivity index (χ2n) is 4.27. The fourth-order valence-corrected chi connectivity index (χ4v) is 1.45. The average molecular weight is 206 g/mol. The lowest BCUT2D eigenvalue weighted by Gasteiger charge is -2.19. The van der Waals surface area contributed by atoms with Crippen molar-refractivity contribution in [1.82, 2.24) is 9.88 Å². The smallest absolute Gasteiger partial charge is 0.255 e. The van der Waals surface area contributed by atoms with Crippen LogP contribution in [0.5, 0.6) is 0 Å². The summed E-state index contributed by atoms with van der Waals surface area (Å²) in [4.78, 5) is 17.7. The van der Waals surface area contributed by atoms with Crippen molar-refractivity contribution in [3.05, 3.63) is 29.6 Å². The van der Waals surface area contributed by atoms with Gasteiger partial charge in [0, 0.05) is 25.5 Å². The molecule has 0 bridgehead atoms. The summed E-state index contributed by atoms with van der Waals surface area (Å²) in [6, 6.07) is 3.68. The Hall–Kier alpha value is -1.38. The van der Waals surface area contributed by atoms with Gasteiger partial charge in [0.05, 0.1) is 5.56 Å². The highest BCUT2D eigenvalue weighted by Crippen LogP contribution is 2.05. The summed E-state index contributed by atoms with van der Waals surface area (Å²) in [5.74, 6) is 0.522. The molecule has 0 radical (unpaired) electrons. The highest BCUT2D eigenvalue weighted by molar-refractivity contribution is 5.93. The maximum Gasteiger partial charge on any atom is 0.255 e. The van der Waals surface area contributed by atoms with Crippen LogP contribution < -0.4 is 0 Å². The van der Waals surface area contributed by atoms with Gasteiger partial charge in [0.1, 0.15) is 0 Å². The Labute approximate surface area is 91.1 Å². The molecule has 0 N–H and O–H groups in total. The predicted molar refractivity (Wildman–Crippen MR) is 60.8 cm³/mol. The summed E-state index contributed by atoms with van der Waals surface area (Å²) in [7, 11) is 1.82. The number of amides is 1. The second kappa shape index (κ2) is 4.91. The Morgan fingerprint density at radius 1 is 1.47 bits per heavy atom. The Bertz CT molecular complexity index is 330. The normalized spacial score (nSPS) is 10.5. The van der Waals surface area contributed by atoms with Gasteiger partial charge in [-0.05, 0) is 25.0 Å². The summed E-state index contributed by atoms with van der Waals surface area (Å²) in [6.07, 6.45) is 1.63. The minimum atomic E-state index is 0.0381. The summed E-state index contributed by atoms with van der Waals surface area (Å²) in [6.45, 7) is 6.87. The zero-order valence-electron chi connectivity index (χ0n) is 9.82. The van der Waals surface area contributed by atoms with E-state index in [9.17, 15) is 4.79 Å². The van der Waals surface area contributed by atoms with E-state index in [0.717, 1.165) is 12.2 Å². The minimum Gasteiger partial charge on any atom is -0.341 e. The zero-order chi connectivity index (χ0) is 11.4. The molecule has 0 saturated carbocycles. The average Bonchev–Trinajstić information content (AvgIpc) is 2.17. The molecule has 0 aliphatic heterocycles. The SMILES string of the molecule is Cc1ccc(C(=O)N(C)CC(C)C)cn1. The first-order valence-corrected chi connectivity index (χ1v) is 5.19. The number of pyridine rings is 1. The molecule has 0 saturated heterocycles. The molecule has 0 aromatic carbocycles. The van der Waals surface area contributed by atoms with Crippen molar-refractivity contribution >= 4 is 5.91 Å². The first-order chi connectivity index (χ1) is 7.00. The van der Waals surface area contributed by atoms with Crippen molar-refractivity contribution in [2.24, 2.45) is 5.92 Å². The van der Waals surface area contributed by atoms with Gasteiger partial charge in [0.2, 0.25) is 0 Å². The number of carbonyl (C=O) groups excluding carboxylic acids is 1. The van der Waals surface area contributed by atoms with E-state index in [2.05, 4.69) is 18.8 Å². The van der Waals surface area contributed by atoms with Crippen molar-refractivity contribution in [2.45, 2.75) is 20.8 Å². The number of hydrogen-bond acceptors (Lipinski definition) is 2. The first kappa shape index (κ1) is 11.7. The molecule has 0 aliphatic carbocycles. The van der Waals surface area contributed by atoms with Crippen LogP contribution in [0.2, 0.25) is 0 Å². The van der Waals surface area contributed by atoms with E-state index in [1.54, 1.807) is 11.1 Å². The van der Waals surface area contributed by atoms with Gasteiger partial charge < -0.3 is 4.90 Å². The summed E-state index contributed by atoms with van der Waals surface area (Å²) >= 11 is 0. The molecule has 15 heavy (non-hydrogen) atoms. The van der Waals surface area contributed by atoms with Gasteiger partial charge in [-0.15, -0.1) is 0 Å². The third-order valence-corrected chi connectivity index (χ3v) is 2.14. The second-order valence-corrected chi connectivity index (χ2v) is 4.27. The van der Waals surface area contributed by atoms with Gasteiger partial charge in [-0.3, -0.25) is 9.78 Å². The van der Waals surface area contributed by atoms with E-state index >= 15 is 0 Å². The van der Waals surface area contributed by atoms with Gasteiger partial charge in [-0.2, -0.15) is 0 Å². The van der Waals surface area contributed by atoms with Gasteiger partial charge in [0.15, 0.2) is 0 Å². The van der Waals surface area contributed by atoms with Gasteiger partial charge in [0.25, 0.3) is 5.91 Å². The quantitative estimate of drug-likeness (QED) is 0.759. The molecule has 1 heterocycles. The number of rotatable bonds is 3. The van der Waals surface area contributed by atoms with E-state index in [0.29, 0.717) is 11.5 Å². The lowest BCUT2D eigenvalue weighted by atomic mass is 10.2. The lowest BCUT2D eigenvalue weighted by Crippen LogP contribution is -2.30. The molecule has 3 nitrogen and oxygen atoms in total. The van der Waals surface area contributed by atoms with Crippen LogP contribution in [-0.2, 0) is 0 Å². The van der Waals surface area contributed by atoms with E-state index in [-0.39, 0.29) is 5.91 Å². The van der Waals surface area contributed by atoms with Crippen molar-refractivity contribution < 1.29 is 4.79 Å². The molecule has 0 unspecified atom stereocenters. The number of carbonyl (C=O) groups is 1. The van der Waals surface area contributed by atoms with Gasteiger partial charge >= 0.3 is 0 Å². The van der Waals surface area contributed by atoms with E-state index in [1.165, 1.54) is 0 Å². The van der Waals surface area contributed by atoms with Crippen LogP contribution in [0.4, 0.5) is 0 Å². The van der Waals surface area contributed by atoms with Crippen LogP contribution in [0.25, 0.3) is 0 Å². The third kappa shape index (κ3) is 3.35. The molecular weight excluding hydrogens is 188 g/mol. The van der Waals surface area contributed by atoms with E-state index in [1.807, 2.05) is 26.1 Å². The molecule has 0 spiro atoms. The Morgan fingerprint density at radius 2 is 2.13 bits per heavy atom. The van der Waals surface area contributed by atoms with Crippen LogP contribution in [0, 0.1) is 12.8 Å². The maximum atomic E-state index is 11.9. The molecule has 0 fully saturated rings. The summed E-state index contributed by atoms with van der Waals surface area (Å²) < 4.78 is 0. The van der Waals surface area contributed by atoms with Crippen molar-refractivity contribution in [3.8, 4) is 0 Å². The maximum absolute atomic E-state index is 11.9. The van der Waals surface area contributed by atoms with E-state index in [4.69, 9.17) is 0 Å². The zero-order valence-corrected chi connectivity index (χ0v) is 9.82. The van der Waals surface area contributed by atoms with Crippen LogP contribution >= 0.6 is 0 Å². The molecule has 0 atom stereocenters. The molecule has 1 aromatic heterocycles. The number of hydrogen-bond donors (Lipinski definition) is 0. The topological polar surface area (TPSA) is 33.2 Å². The molecule has 1 aromatic rings. The van der Waals surface area contributed by atoms with Crippen LogP contribution in [0.1, 0.15) is 29.9 Å². The molecule has 3 heteroatoms. The predicted octanol–water partition coefficient (Wildman–Crippen LogP) is 2.12. The number of aryl methyl sites for hydroxylation is 1. The fraction of sp³-hybridized carbons (Fsp3) is 0.500. The van der Waals surface area contributed by atoms with Gasteiger partial charge in [-0.1, -0.05) is 13.8 Å². The van der Waals surface area contributed by atoms with Crippen LogP contribution in [0.15, 0.2) is 18.3 Å². The van der Waals surface area contributed by atoms with Crippen molar-refractivity contribution in [2.75, 3.05) is 13.6 Å². The first-order valence-electron chi connectivity index (χ1n) is 5.19. The standard InChI is InChI=1S/C12H18N2O/c1-9(2)8-14(4)12(15)11-6-5-10(3)13-7-11/h5-7,9H,8H2,1-4H3. The Balaban J connectivity index is 2.72. The van der Waals surface area contributed by atoms with E-state index < -0.39 is 0 Å². The largest absolute Gasteiger partial charge is 0.341 e. The number of nitrogens with zero attached hydrogens (tertiary/aromatic N) is 2. The van der Waals surface area contributed by atoms with Crippen molar-refractivity contribution in [3.63, 3.8) is 0 Å². The molecule has 1 amide bonds. The Kier molecular flexibility index (Phi) is 3.83. The molecular formula is C12H18N2O. The monoisotopic (exact) mass is 206 g/mol. The van der Waals surface area contributed by atoms with Gasteiger partial charge in [-0.25, -0.2) is 0 Å².